The fourth-order valence-corrected chi connectivity index (χ4v) is 3.16. The molecule has 2 heterocycles. The highest BCUT2D eigenvalue weighted by atomic mass is 35.5. The van der Waals surface area contributed by atoms with E-state index in [0.717, 1.165) is 10.4 Å². The Labute approximate surface area is 119 Å². The zero-order chi connectivity index (χ0) is 13.8. The lowest BCUT2D eigenvalue weighted by Gasteiger charge is -2.13. The molecule has 2 rings (SSSR count). The van der Waals surface area contributed by atoms with Gasteiger partial charge in [-0.05, 0) is 18.9 Å². The highest BCUT2D eigenvalue weighted by molar-refractivity contribution is 7.17. The van der Waals surface area contributed by atoms with Crippen LogP contribution >= 0.6 is 22.9 Å². The first kappa shape index (κ1) is 14.3. The van der Waals surface area contributed by atoms with E-state index in [2.05, 4.69) is 5.32 Å². The number of alkyl halides is 1. The van der Waals surface area contributed by atoms with Gasteiger partial charge < -0.3 is 14.8 Å². The molecule has 1 aliphatic rings. The van der Waals surface area contributed by atoms with Crippen LogP contribution in [0.5, 0.6) is 0 Å². The van der Waals surface area contributed by atoms with Crippen molar-refractivity contribution in [3.05, 3.63) is 16.0 Å². The maximum atomic E-state index is 12.0. The summed E-state index contributed by atoms with van der Waals surface area (Å²) in [4.78, 5) is 24.4. The molecule has 0 unspecified atom stereocenters. The zero-order valence-corrected chi connectivity index (χ0v) is 12.0. The van der Waals surface area contributed by atoms with Crippen LogP contribution in [0.25, 0.3) is 0 Å². The maximum Gasteiger partial charge on any atom is 0.341 e. The lowest BCUT2D eigenvalue weighted by atomic mass is 10.1. The van der Waals surface area contributed by atoms with E-state index in [-0.39, 0.29) is 11.8 Å². The summed E-state index contributed by atoms with van der Waals surface area (Å²) in [5.41, 5.74) is 1.36. The highest BCUT2D eigenvalue weighted by Gasteiger charge is 2.27. The van der Waals surface area contributed by atoms with Gasteiger partial charge in [0.05, 0.1) is 25.4 Å². The Bertz CT molecular complexity index is 500. The van der Waals surface area contributed by atoms with Crippen molar-refractivity contribution in [2.75, 3.05) is 24.4 Å². The standard InChI is InChI=1S/C12H14ClNO4S/c1-2-18-12(16)10-7-3-4-17-6-8(7)19-11(10)14-9(15)5-13/h2-6H2,1H3,(H,14,15). The van der Waals surface area contributed by atoms with Gasteiger partial charge in [0, 0.05) is 4.88 Å². The minimum absolute atomic E-state index is 0.151. The molecular formula is C12H14ClNO4S. The van der Waals surface area contributed by atoms with Crippen LogP contribution in [0, 0.1) is 0 Å². The third kappa shape index (κ3) is 3.08. The molecule has 7 heteroatoms. The number of hydrogen-bond acceptors (Lipinski definition) is 5. The summed E-state index contributed by atoms with van der Waals surface area (Å²) >= 11 is 6.82. The molecule has 0 radical (unpaired) electrons. The molecule has 1 N–H and O–H groups in total. The van der Waals surface area contributed by atoms with Crippen LogP contribution in [0.3, 0.4) is 0 Å². The molecule has 1 aromatic rings. The molecule has 0 fully saturated rings. The van der Waals surface area contributed by atoms with Crippen LogP contribution in [0.15, 0.2) is 0 Å². The summed E-state index contributed by atoms with van der Waals surface area (Å²) in [7, 11) is 0. The van der Waals surface area contributed by atoms with E-state index in [1.165, 1.54) is 11.3 Å². The van der Waals surface area contributed by atoms with Gasteiger partial charge in [0.25, 0.3) is 0 Å². The van der Waals surface area contributed by atoms with Gasteiger partial charge >= 0.3 is 5.97 Å². The third-order valence-electron chi connectivity index (χ3n) is 2.67. The fourth-order valence-electron chi connectivity index (χ4n) is 1.90. The van der Waals surface area contributed by atoms with Crippen molar-refractivity contribution in [2.45, 2.75) is 20.0 Å². The molecule has 0 saturated carbocycles. The minimum Gasteiger partial charge on any atom is -0.462 e. The molecule has 0 aliphatic carbocycles. The van der Waals surface area contributed by atoms with Gasteiger partial charge in [0.1, 0.15) is 10.9 Å². The van der Waals surface area contributed by atoms with Gasteiger partial charge in [-0.2, -0.15) is 0 Å². The second kappa shape index (κ2) is 6.36. The number of thiophene rings is 1. The van der Waals surface area contributed by atoms with E-state index in [9.17, 15) is 9.59 Å². The molecule has 0 atom stereocenters. The zero-order valence-electron chi connectivity index (χ0n) is 10.5. The van der Waals surface area contributed by atoms with Crippen LogP contribution in [0.4, 0.5) is 5.00 Å². The number of nitrogens with one attached hydrogen (secondary N) is 1. The quantitative estimate of drug-likeness (QED) is 0.684. The second-order valence-corrected chi connectivity index (χ2v) is 5.29. The number of amides is 1. The molecule has 1 aromatic heterocycles. The van der Waals surface area contributed by atoms with Crippen molar-refractivity contribution in [3.63, 3.8) is 0 Å². The van der Waals surface area contributed by atoms with Gasteiger partial charge in [-0.1, -0.05) is 0 Å². The molecule has 1 amide bonds. The molecule has 0 bridgehead atoms. The van der Waals surface area contributed by atoms with E-state index < -0.39 is 5.97 Å². The molecule has 19 heavy (non-hydrogen) atoms. The number of esters is 1. The average molecular weight is 304 g/mol. The van der Waals surface area contributed by atoms with Crippen molar-refractivity contribution in [2.24, 2.45) is 0 Å². The number of rotatable bonds is 4. The number of carbonyl (C=O) groups is 2. The number of hydrogen-bond donors (Lipinski definition) is 1. The summed E-state index contributed by atoms with van der Waals surface area (Å²) in [5, 5.41) is 3.15. The minimum atomic E-state index is -0.410. The molecule has 1 aliphatic heterocycles. The van der Waals surface area contributed by atoms with Gasteiger partial charge in [-0.25, -0.2) is 4.79 Å². The number of fused-ring (bicyclic) bond motifs is 1. The SMILES string of the molecule is CCOC(=O)c1c(NC(=O)CCl)sc2c1CCOC2. The summed E-state index contributed by atoms with van der Waals surface area (Å²) in [5.74, 6) is -0.903. The predicted molar refractivity (Wildman–Crippen MR) is 73.0 cm³/mol. The topological polar surface area (TPSA) is 64.6 Å². The van der Waals surface area contributed by atoms with Gasteiger partial charge in [0.15, 0.2) is 0 Å². The van der Waals surface area contributed by atoms with Crippen LogP contribution in [-0.4, -0.2) is 31.0 Å². The molecule has 0 spiro atoms. The van der Waals surface area contributed by atoms with E-state index in [4.69, 9.17) is 21.1 Å². The average Bonchev–Trinajstić information content (AvgIpc) is 2.76. The van der Waals surface area contributed by atoms with Gasteiger partial charge in [0.2, 0.25) is 5.91 Å². The van der Waals surface area contributed by atoms with Crippen LogP contribution in [-0.2, 0) is 27.3 Å². The molecular weight excluding hydrogens is 290 g/mol. The smallest absolute Gasteiger partial charge is 0.341 e. The summed E-state index contributed by atoms with van der Waals surface area (Å²) < 4.78 is 10.4. The lowest BCUT2D eigenvalue weighted by molar-refractivity contribution is -0.113. The van der Waals surface area contributed by atoms with Crippen LogP contribution in [0.1, 0.15) is 27.7 Å². The Hall–Kier alpha value is -1.11. The first-order chi connectivity index (χ1) is 9.17. The molecule has 0 aromatic carbocycles. The first-order valence-corrected chi connectivity index (χ1v) is 7.27. The Morgan fingerprint density at radius 1 is 1.53 bits per heavy atom. The van der Waals surface area contributed by atoms with Crippen molar-refractivity contribution in [3.8, 4) is 0 Å². The van der Waals surface area contributed by atoms with Gasteiger partial charge in [-0.15, -0.1) is 22.9 Å². The van der Waals surface area contributed by atoms with Crippen LogP contribution in [0.2, 0.25) is 0 Å². The predicted octanol–water partition coefficient (Wildman–Crippen LogP) is 2.17. The third-order valence-corrected chi connectivity index (χ3v) is 4.04. The largest absolute Gasteiger partial charge is 0.462 e. The van der Waals surface area contributed by atoms with Crippen molar-refractivity contribution < 1.29 is 19.1 Å². The Balaban J connectivity index is 2.37. The Kier molecular flexibility index (Phi) is 4.79. The summed E-state index contributed by atoms with van der Waals surface area (Å²) in [6, 6.07) is 0. The lowest BCUT2D eigenvalue weighted by Crippen LogP contribution is -2.17. The van der Waals surface area contributed by atoms with E-state index in [1.807, 2.05) is 0 Å². The van der Waals surface area contributed by atoms with E-state index >= 15 is 0 Å². The molecule has 104 valence electrons. The number of halogens is 1. The highest BCUT2D eigenvalue weighted by Crippen LogP contribution is 2.36. The van der Waals surface area contributed by atoms with Crippen LogP contribution < -0.4 is 5.32 Å². The Morgan fingerprint density at radius 2 is 2.32 bits per heavy atom. The number of ether oxygens (including phenoxy) is 2. The number of anilines is 1. The molecule has 5 nitrogen and oxygen atoms in total. The maximum absolute atomic E-state index is 12.0. The molecule has 0 saturated heterocycles. The van der Waals surface area contributed by atoms with E-state index in [1.54, 1.807) is 6.92 Å². The first-order valence-electron chi connectivity index (χ1n) is 5.92. The monoisotopic (exact) mass is 303 g/mol. The van der Waals surface area contributed by atoms with Crippen molar-refractivity contribution >= 4 is 39.8 Å². The second-order valence-electron chi connectivity index (χ2n) is 3.91. The van der Waals surface area contributed by atoms with Gasteiger partial charge in [-0.3, -0.25) is 4.79 Å². The fraction of sp³-hybridized carbons (Fsp3) is 0.500. The number of carbonyl (C=O) groups excluding carboxylic acids is 2. The summed E-state index contributed by atoms with van der Waals surface area (Å²) in [6.07, 6.45) is 0.650. The van der Waals surface area contributed by atoms with E-state index in [0.29, 0.717) is 36.8 Å². The van der Waals surface area contributed by atoms with Crippen molar-refractivity contribution in [1.29, 1.82) is 0 Å². The Morgan fingerprint density at radius 3 is 3.00 bits per heavy atom. The summed E-state index contributed by atoms with van der Waals surface area (Å²) in [6.45, 7) is 3.07. The van der Waals surface area contributed by atoms with Crippen molar-refractivity contribution in [1.82, 2.24) is 0 Å². The normalized spacial score (nSPS) is 13.8.